The zero-order valence-electron chi connectivity index (χ0n) is 17.1. The number of ether oxygens (including phenoxy) is 4. The Labute approximate surface area is 167 Å². The maximum atomic E-state index is 12.7. The molecule has 5 heteroatoms. The summed E-state index contributed by atoms with van der Waals surface area (Å²) in [6, 6.07) is 0. The molecule has 156 valence electrons. The minimum absolute atomic E-state index is 0.106. The second kappa shape index (κ2) is 6.03. The molecule has 6 rings (SSSR count). The lowest BCUT2D eigenvalue weighted by molar-refractivity contribution is -0.255. The van der Waals surface area contributed by atoms with Gasteiger partial charge in [-0.15, -0.1) is 0 Å². The standard InChI is InChI=1S/C23H34O5/c1-20-6-4-19-17(18(20)5-7-23(20)27-12-13-28-23)3-2-16-14-22(25-10-11-26-22)9-8-21(16,19)15-24/h15-19H,2-14H2,1H3/t16-,17+,18+,19+,20+,21-/m1/s1. The number of hydrogen-bond acceptors (Lipinski definition) is 5. The van der Waals surface area contributed by atoms with E-state index in [-0.39, 0.29) is 16.6 Å². The van der Waals surface area contributed by atoms with Gasteiger partial charge in [-0.1, -0.05) is 6.92 Å². The molecular weight excluding hydrogens is 356 g/mol. The molecule has 4 saturated carbocycles. The Hall–Kier alpha value is -0.490. The molecule has 2 spiro atoms. The average Bonchev–Trinajstić information content (AvgIpc) is 3.43. The molecule has 0 aromatic heterocycles. The fourth-order valence-electron chi connectivity index (χ4n) is 8.78. The molecule has 0 aromatic carbocycles. The van der Waals surface area contributed by atoms with E-state index in [1.807, 2.05) is 0 Å². The van der Waals surface area contributed by atoms with Crippen molar-refractivity contribution in [3.63, 3.8) is 0 Å². The van der Waals surface area contributed by atoms with E-state index in [0.29, 0.717) is 36.9 Å². The third-order valence-corrected chi connectivity index (χ3v) is 10.1. The molecule has 6 fully saturated rings. The Morgan fingerprint density at radius 2 is 1.50 bits per heavy atom. The van der Waals surface area contributed by atoms with Crippen LogP contribution >= 0.6 is 0 Å². The van der Waals surface area contributed by atoms with Crippen molar-refractivity contribution >= 4 is 6.29 Å². The van der Waals surface area contributed by atoms with Gasteiger partial charge in [0.05, 0.1) is 26.4 Å². The highest BCUT2D eigenvalue weighted by Crippen LogP contribution is 2.69. The first kappa shape index (κ1) is 18.3. The molecular formula is C23H34O5. The first-order valence-electron chi connectivity index (χ1n) is 11.6. The van der Waals surface area contributed by atoms with Gasteiger partial charge in [0.15, 0.2) is 11.6 Å². The molecule has 0 radical (unpaired) electrons. The Balaban J connectivity index is 1.30. The van der Waals surface area contributed by atoms with Crippen LogP contribution in [0.1, 0.15) is 64.7 Å². The van der Waals surface area contributed by atoms with Crippen molar-refractivity contribution in [2.75, 3.05) is 26.4 Å². The summed E-state index contributed by atoms with van der Waals surface area (Å²) in [6.45, 7) is 5.30. The van der Waals surface area contributed by atoms with Crippen molar-refractivity contribution in [1.29, 1.82) is 0 Å². The third-order valence-electron chi connectivity index (χ3n) is 10.1. The Morgan fingerprint density at radius 3 is 2.25 bits per heavy atom. The summed E-state index contributed by atoms with van der Waals surface area (Å²) in [6.07, 6.45) is 10.9. The predicted molar refractivity (Wildman–Crippen MR) is 101 cm³/mol. The summed E-state index contributed by atoms with van der Waals surface area (Å²) in [7, 11) is 0. The highest BCUT2D eigenvalue weighted by molar-refractivity contribution is 5.62. The monoisotopic (exact) mass is 390 g/mol. The zero-order valence-corrected chi connectivity index (χ0v) is 17.1. The van der Waals surface area contributed by atoms with Gasteiger partial charge in [0.2, 0.25) is 0 Å². The highest BCUT2D eigenvalue weighted by atomic mass is 16.7. The number of carbonyl (C=O) groups is 1. The molecule has 0 amide bonds. The largest absolute Gasteiger partial charge is 0.348 e. The predicted octanol–water partition coefficient (Wildman–Crippen LogP) is 3.69. The molecule has 0 unspecified atom stereocenters. The van der Waals surface area contributed by atoms with Gasteiger partial charge in [0.25, 0.3) is 0 Å². The van der Waals surface area contributed by atoms with E-state index in [9.17, 15) is 4.79 Å². The average molecular weight is 391 g/mol. The smallest absolute Gasteiger partial charge is 0.174 e. The van der Waals surface area contributed by atoms with Crippen molar-refractivity contribution in [1.82, 2.24) is 0 Å². The van der Waals surface area contributed by atoms with Gasteiger partial charge in [0, 0.05) is 30.1 Å². The summed E-state index contributed by atoms with van der Waals surface area (Å²) >= 11 is 0. The van der Waals surface area contributed by atoms with Crippen LogP contribution in [-0.4, -0.2) is 44.3 Å². The Morgan fingerprint density at radius 1 is 0.786 bits per heavy atom. The van der Waals surface area contributed by atoms with Gasteiger partial charge in [-0.2, -0.15) is 0 Å². The SMILES string of the molecule is C[C@]12CC[C@H]3[C@@H](CC[C@@H]4CC5(CC[C@@]43C=O)OCCO5)[C@@H]1CCC21OCCO1. The number of rotatable bonds is 1. The zero-order chi connectivity index (χ0) is 19.0. The molecule has 0 N–H and O–H groups in total. The van der Waals surface area contributed by atoms with Gasteiger partial charge in [-0.3, -0.25) is 0 Å². The van der Waals surface area contributed by atoms with E-state index in [4.69, 9.17) is 18.9 Å². The molecule has 6 atom stereocenters. The maximum absolute atomic E-state index is 12.7. The Kier molecular flexibility index (Phi) is 3.94. The maximum Gasteiger partial charge on any atom is 0.174 e. The van der Waals surface area contributed by atoms with Crippen LogP contribution in [0.15, 0.2) is 0 Å². The van der Waals surface area contributed by atoms with Crippen molar-refractivity contribution < 1.29 is 23.7 Å². The van der Waals surface area contributed by atoms with E-state index >= 15 is 0 Å². The molecule has 6 aliphatic rings. The van der Waals surface area contributed by atoms with E-state index in [0.717, 1.165) is 58.2 Å². The fraction of sp³-hybridized carbons (Fsp3) is 0.957. The van der Waals surface area contributed by atoms with E-state index in [2.05, 4.69) is 6.92 Å². The van der Waals surface area contributed by atoms with Crippen LogP contribution in [-0.2, 0) is 23.7 Å². The van der Waals surface area contributed by atoms with Crippen LogP contribution in [0.3, 0.4) is 0 Å². The summed E-state index contributed by atoms with van der Waals surface area (Å²) in [5.74, 6) is 1.43. The molecule has 0 bridgehead atoms. The molecule has 2 aliphatic heterocycles. The number of fused-ring (bicyclic) bond motifs is 6. The highest BCUT2D eigenvalue weighted by Gasteiger charge is 2.68. The number of carbonyl (C=O) groups excluding carboxylic acids is 1. The van der Waals surface area contributed by atoms with Gasteiger partial charge in [-0.25, -0.2) is 0 Å². The fourth-order valence-corrected chi connectivity index (χ4v) is 8.78. The summed E-state index contributed by atoms with van der Waals surface area (Å²) in [4.78, 5) is 12.7. The van der Waals surface area contributed by atoms with Gasteiger partial charge >= 0.3 is 0 Å². The van der Waals surface area contributed by atoms with Crippen LogP contribution in [0.4, 0.5) is 0 Å². The van der Waals surface area contributed by atoms with Crippen molar-refractivity contribution in [3.8, 4) is 0 Å². The second-order valence-corrected chi connectivity index (χ2v) is 10.6. The van der Waals surface area contributed by atoms with Gasteiger partial charge < -0.3 is 23.7 Å². The number of hydrogen-bond donors (Lipinski definition) is 0. The van der Waals surface area contributed by atoms with Crippen LogP contribution in [0.25, 0.3) is 0 Å². The lowest BCUT2D eigenvalue weighted by Crippen LogP contribution is -2.59. The van der Waals surface area contributed by atoms with Crippen LogP contribution < -0.4 is 0 Å². The second-order valence-electron chi connectivity index (χ2n) is 10.6. The lowest BCUT2D eigenvalue weighted by atomic mass is 9.44. The van der Waals surface area contributed by atoms with Crippen LogP contribution in [0.2, 0.25) is 0 Å². The third kappa shape index (κ3) is 2.15. The minimum Gasteiger partial charge on any atom is -0.348 e. The summed E-state index contributed by atoms with van der Waals surface area (Å²) in [5, 5.41) is 0. The molecule has 5 nitrogen and oxygen atoms in total. The van der Waals surface area contributed by atoms with Crippen molar-refractivity contribution in [2.24, 2.45) is 34.5 Å². The van der Waals surface area contributed by atoms with Gasteiger partial charge in [-0.05, 0) is 62.2 Å². The normalized spacial score (nSPS) is 51.0. The van der Waals surface area contributed by atoms with E-state index in [1.165, 1.54) is 19.1 Å². The molecule has 2 heterocycles. The molecule has 4 aliphatic carbocycles. The topological polar surface area (TPSA) is 54.0 Å². The van der Waals surface area contributed by atoms with Gasteiger partial charge in [0.1, 0.15) is 6.29 Å². The van der Waals surface area contributed by atoms with E-state index in [1.54, 1.807) is 0 Å². The molecule has 2 saturated heterocycles. The first-order valence-corrected chi connectivity index (χ1v) is 11.6. The van der Waals surface area contributed by atoms with Crippen LogP contribution in [0.5, 0.6) is 0 Å². The summed E-state index contributed by atoms with van der Waals surface area (Å²) < 4.78 is 24.6. The summed E-state index contributed by atoms with van der Waals surface area (Å²) in [5.41, 5.74) is -0.0624. The minimum atomic E-state index is -0.393. The van der Waals surface area contributed by atoms with Crippen molar-refractivity contribution in [3.05, 3.63) is 0 Å². The quantitative estimate of drug-likeness (QED) is 0.639. The number of aldehydes is 1. The van der Waals surface area contributed by atoms with E-state index < -0.39 is 5.79 Å². The molecule has 0 aromatic rings. The Bertz CT molecular complexity index is 651. The van der Waals surface area contributed by atoms with Crippen molar-refractivity contribution in [2.45, 2.75) is 76.3 Å². The molecule has 28 heavy (non-hydrogen) atoms. The first-order chi connectivity index (χ1) is 13.6. The lowest BCUT2D eigenvalue weighted by Gasteiger charge is -2.61. The van der Waals surface area contributed by atoms with Crippen LogP contribution in [0, 0.1) is 34.5 Å².